The first-order valence-electron chi connectivity index (χ1n) is 8.30. The summed E-state index contributed by atoms with van der Waals surface area (Å²) in [4.78, 5) is 23.6. The minimum Gasteiger partial charge on any atom is -0.497 e. The predicted molar refractivity (Wildman–Crippen MR) is 107 cm³/mol. The van der Waals surface area contributed by atoms with Crippen molar-refractivity contribution in [3.63, 3.8) is 0 Å². The number of carbonyl (C=O) groups excluding carboxylic acids is 1. The van der Waals surface area contributed by atoms with Crippen molar-refractivity contribution in [3.8, 4) is 5.75 Å². The molecule has 1 aromatic carbocycles. The Balaban J connectivity index is 0.000000533. The van der Waals surface area contributed by atoms with Gasteiger partial charge in [0.2, 0.25) is 0 Å². The van der Waals surface area contributed by atoms with E-state index in [4.69, 9.17) is 9.84 Å². The molecule has 5 heteroatoms. The van der Waals surface area contributed by atoms with Crippen molar-refractivity contribution >= 4 is 23.2 Å². The molecule has 0 aliphatic carbocycles. The highest BCUT2D eigenvalue weighted by molar-refractivity contribution is 5.89. The van der Waals surface area contributed by atoms with Gasteiger partial charge in [-0.15, -0.1) is 0 Å². The van der Waals surface area contributed by atoms with Crippen LogP contribution in [0.5, 0.6) is 5.75 Å². The van der Waals surface area contributed by atoms with Gasteiger partial charge >= 0.3 is 5.97 Å². The second-order valence-corrected chi connectivity index (χ2v) is 4.85. The second-order valence-electron chi connectivity index (χ2n) is 4.85. The molecule has 2 rings (SSSR count). The maximum absolute atomic E-state index is 10.8. The van der Waals surface area contributed by atoms with Crippen molar-refractivity contribution in [3.05, 3.63) is 66.4 Å². The van der Waals surface area contributed by atoms with Crippen LogP contribution >= 0.6 is 0 Å². The Morgan fingerprint density at radius 1 is 1.23 bits per heavy atom. The molecule has 0 spiro atoms. The maximum Gasteiger partial charge on any atom is 0.307 e. The minimum absolute atomic E-state index is 0.0268. The van der Waals surface area contributed by atoms with Crippen LogP contribution in [0, 0.1) is 6.92 Å². The fraction of sp³-hybridized carbons (Fsp3) is 0.238. The Morgan fingerprint density at radius 2 is 1.88 bits per heavy atom. The highest BCUT2D eigenvalue weighted by Gasteiger charge is 2.12. The molecule has 0 fully saturated rings. The van der Waals surface area contributed by atoms with Crippen molar-refractivity contribution in [2.75, 3.05) is 7.11 Å². The highest BCUT2D eigenvalue weighted by Crippen LogP contribution is 2.26. The van der Waals surface area contributed by atoms with Crippen molar-refractivity contribution in [1.29, 1.82) is 0 Å². The third-order valence-electron chi connectivity index (χ3n) is 3.20. The molecule has 0 saturated heterocycles. The molecule has 2 aromatic rings. The van der Waals surface area contributed by atoms with Gasteiger partial charge in [-0.3, -0.25) is 9.59 Å². The van der Waals surface area contributed by atoms with Gasteiger partial charge in [-0.1, -0.05) is 44.7 Å². The minimum atomic E-state index is -0.827. The number of allylic oxidation sites excluding steroid dienone is 5. The monoisotopic (exact) mass is 357 g/mol. The van der Waals surface area contributed by atoms with E-state index in [0.29, 0.717) is 0 Å². The quantitative estimate of drug-likeness (QED) is 0.449. The molecule has 0 amide bonds. The highest BCUT2D eigenvalue weighted by atomic mass is 16.5. The van der Waals surface area contributed by atoms with Gasteiger partial charge in [0.15, 0.2) is 0 Å². The van der Waals surface area contributed by atoms with E-state index >= 15 is 0 Å². The lowest BCUT2D eigenvalue weighted by Gasteiger charge is -2.00. The number of aryl methyl sites for hydroxylation is 1. The molecule has 0 bridgehead atoms. The molecule has 1 aromatic heterocycles. The first-order chi connectivity index (χ1) is 12.5. The van der Waals surface area contributed by atoms with Gasteiger partial charge in [-0.25, -0.2) is 0 Å². The average Bonchev–Trinajstić information content (AvgIpc) is 2.95. The molecule has 5 nitrogen and oxygen atoms in total. The zero-order valence-electron chi connectivity index (χ0n) is 15.8. The topological polar surface area (TPSA) is 79.4 Å². The first-order valence-corrected chi connectivity index (χ1v) is 8.30. The molecule has 0 aliphatic rings. The van der Waals surface area contributed by atoms with Crippen LogP contribution in [0.2, 0.25) is 0 Å². The van der Waals surface area contributed by atoms with Gasteiger partial charge in [0.05, 0.1) is 13.5 Å². The zero-order valence-corrected chi connectivity index (χ0v) is 15.8. The number of fused-ring (bicyclic) bond motifs is 1. The van der Waals surface area contributed by atoms with Crippen molar-refractivity contribution < 1.29 is 19.4 Å². The van der Waals surface area contributed by atoms with Crippen molar-refractivity contribution in [1.82, 2.24) is 4.98 Å². The summed E-state index contributed by atoms with van der Waals surface area (Å²) in [6.45, 7) is 9.33. The molecule has 0 radical (unpaired) electrons. The number of aliphatic carboxylic acids is 1. The number of carboxylic acid groups (broad SMARTS) is 1. The number of nitrogens with one attached hydrogen (secondary N) is 1. The van der Waals surface area contributed by atoms with Crippen molar-refractivity contribution in [2.45, 2.75) is 27.2 Å². The van der Waals surface area contributed by atoms with Crippen molar-refractivity contribution in [2.24, 2.45) is 0 Å². The number of H-pyrrole nitrogens is 1. The van der Waals surface area contributed by atoms with E-state index in [2.05, 4.69) is 11.6 Å². The predicted octanol–water partition coefficient (Wildman–Crippen LogP) is 4.62. The van der Waals surface area contributed by atoms with E-state index < -0.39 is 5.97 Å². The lowest BCUT2D eigenvalue weighted by Crippen LogP contribution is -2.00. The summed E-state index contributed by atoms with van der Waals surface area (Å²) >= 11 is 0. The number of benzene rings is 1. The summed E-state index contributed by atoms with van der Waals surface area (Å²) in [5.41, 5.74) is 2.65. The Hall–Kier alpha value is -3.08. The zero-order chi connectivity index (χ0) is 19.9. The summed E-state index contributed by atoms with van der Waals surface area (Å²) in [6, 6.07) is 5.60. The molecular weight excluding hydrogens is 330 g/mol. The van der Waals surface area contributed by atoms with Crippen LogP contribution in [0.1, 0.15) is 25.1 Å². The smallest absolute Gasteiger partial charge is 0.307 e. The van der Waals surface area contributed by atoms with Gasteiger partial charge in [0, 0.05) is 16.6 Å². The summed E-state index contributed by atoms with van der Waals surface area (Å²) < 4.78 is 5.13. The van der Waals surface area contributed by atoms with Crippen LogP contribution in [-0.2, 0) is 16.0 Å². The second kappa shape index (κ2) is 13.2. The van der Waals surface area contributed by atoms with Crippen LogP contribution in [-0.4, -0.2) is 29.5 Å². The molecule has 0 unspecified atom stereocenters. The van der Waals surface area contributed by atoms with E-state index in [1.165, 1.54) is 6.08 Å². The number of rotatable bonds is 6. The average molecular weight is 357 g/mol. The molecule has 1 heterocycles. The van der Waals surface area contributed by atoms with Gasteiger partial charge in [0.25, 0.3) is 0 Å². The Morgan fingerprint density at radius 3 is 2.42 bits per heavy atom. The van der Waals surface area contributed by atoms with E-state index in [-0.39, 0.29) is 6.42 Å². The van der Waals surface area contributed by atoms with Gasteiger partial charge in [-0.2, -0.15) is 0 Å². The summed E-state index contributed by atoms with van der Waals surface area (Å²) in [7, 11) is 1.59. The van der Waals surface area contributed by atoms with Crippen LogP contribution in [0.15, 0.2) is 55.2 Å². The molecule has 140 valence electrons. The number of hydrogen-bond acceptors (Lipinski definition) is 3. The number of carbonyl (C=O) groups is 2. The maximum atomic E-state index is 10.8. The number of hydrogen-bond donors (Lipinski definition) is 2. The molecule has 0 atom stereocenters. The summed E-state index contributed by atoms with van der Waals surface area (Å²) in [6.07, 6.45) is 8.96. The molecule has 26 heavy (non-hydrogen) atoms. The first kappa shape index (κ1) is 22.9. The van der Waals surface area contributed by atoms with Crippen LogP contribution in [0.4, 0.5) is 0 Å². The number of aldehydes is 1. The van der Waals surface area contributed by atoms with E-state index in [0.717, 1.165) is 34.2 Å². The Bertz CT molecular complexity index is 754. The summed E-state index contributed by atoms with van der Waals surface area (Å²) in [5, 5.41) is 9.77. The number of methoxy groups -OCH3 is 1. The molecular formula is C21H27NO4. The molecule has 2 N–H and O–H groups in total. The summed E-state index contributed by atoms with van der Waals surface area (Å²) in [5.74, 6) is -0.0926. The number of ether oxygens (including phenoxy) is 1. The van der Waals surface area contributed by atoms with Crippen LogP contribution < -0.4 is 4.74 Å². The van der Waals surface area contributed by atoms with Gasteiger partial charge < -0.3 is 14.8 Å². The molecule has 0 aliphatic heterocycles. The van der Waals surface area contributed by atoms with Crippen LogP contribution in [0.25, 0.3) is 10.9 Å². The molecule has 0 saturated carbocycles. The van der Waals surface area contributed by atoms with Crippen LogP contribution in [0.3, 0.4) is 0 Å². The van der Waals surface area contributed by atoms with E-state index in [9.17, 15) is 9.59 Å². The third-order valence-corrected chi connectivity index (χ3v) is 3.20. The normalized spacial score (nSPS) is 10.0. The van der Waals surface area contributed by atoms with Gasteiger partial charge in [0.1, 0.15) is 12.0 Å². The fourth-order valence-corrected chi connectivity index (χ4v) is 2.12. The number of aromatic nitrogens is 1. The lowest BCUT2D eigenvalue weighted by molar-refractivity contribution is -0.136. The van der Waals surface area contributed by atoms with Gasteiger partial charge in [-0.05, 0) is 36.8 Å². The Labute approximate surface area is 154 Å². The third kappa shape index (κ3) is 7.66. The van der Waals surface area contributed by atoms with E-state index in [1.54, 1.807) is 31.4 Å². The largest absolute Gasteiger partial charge is 0.497 e. The standard InChI is InChI=1S/C12H13NO3.C7H8O.C2H6/c1-7-9(6-12(14)15)10-5-8(16-2)3-4-11(10)13-7;1-2-3-4-5-6-7-8;1-2/h3-5,13H,6H2,1-2H3,(H,14,15);2-7H,1H2;1-2H3/b;4-3-,6-5+;. The SMILES string of the molecule is C=C/C=C\C=C\C=O.CC.COc1ccc2[nH]c(C)c(CC(=O)O)c2c1. The number of aromatic amines is 1. The lowest BCUT2D eigenvalue weighted by atomic mass is 10.1. The Kier molecular flexibility index (Phi) is 11.7. The number of carboxylic acids is 1. The fourth-order valence-electron chi connectivity index (χ4n) is 2.12. The van der Waals surface area contributed by atoms with E-state index in [1.807, 2.05) is 39.0 Å².